The monoisotopic (exact) mass is 330 g/mol. The highest BCUT2D eigenvalue weighted by Crippen LogP contribution is 2.23. The number of hydrogen-bond donors (Lipinski definition) is 1. The molecule has 0 aromatic heterocycles. The van der Waals surface area contributed by atoms with Gasteiger partial charge in [-0.1, -0.05) is 23.2 Å². The predicted molar refractivity (Wildman–Crippen MR) is 81.0 cm³/mol. The third-order valence-corrected chi connectivity index (χ3v) is 3.80. The topological polar surface area (TPSA) is 55.8 Å². The van der Waals surface area contributed by atoms with E-state index in [0.717, 1.165) is 25.3 Å². The van der Waals surface area contributed by atoms with E-state index in [1.807, 2.05) is 0 Å². The SMILES string of the molecule is O=C(/C=C(\O)COC1CCCCO1)c1ccc(Cl)c(Cl)c1. The van der Waals surface area contributed by atoms with E-state index in [1.165, 1.54) is 12.1 Å². The number of rotatable bonds is 5. The van der Waals surface area contributed by atoms with Gasteiger partial charge in [0, 0.05) is 18.2 Å². The lowest BCUT2D eigenvalue weighted by Crippen LogP contribution is -2.23. The number of aliphatic hydroxyl groups is 1. The number of aliphatic hydroxyl groups excluding tert-OH is 1. The second-order valence-corrected chi connectivity index (χ2v) is 5.55. The molecule has 1 N–H and O–H groups in total. The summed E-state index contributed by atoms with van der Waals surface area (Å²) >= 11 is 11.6. The van der Waals surface area contributed by atoms with Crippen molar-refractivity contribution >= 4 is 29.0 Å². The van der Waals surface area contributed by atoms with E-state index in [0.29, 0.717) is 22.2 Å². The van der Waals surface area contributed by atoms with Crippen LogP contribution in [0.3, 0.4) is 0 Å². The van der Waals surface area contributed by atoms with Crippen LogP contribution in [0.15, 0.2) is 30.0 Å². The molecular weight excluding hydrogens is 315 g/mol. The summed E-state index contributed by atoms with van der Waals surface area (Å²) in [6.45, 7) is 0.606. The number of allylic oxidation sites excluding steroid dienone is 1. The minimum Gasteiger partial charge on any atom is -0.510 e. The highest BCUT2D eigenvalue weighted by molar-refractivity contribution is 6.42. The fourth-order valence-electron chi connectivity index (χ4n) is 1.95. The van der Waals surface area contributed by atoms with Crippen LogP contribution in [0.5, 0.6) is 0 Å². The molecule has 2 rings (SSSR count). The summed E-state index contributed by atoms with van der Waals surface area (Å²) in [5.41, 5.74) is 0.352. The van der Waals surface area contributed by atoms with Gasteiger partial charge in [0.25, 0.3) is 0 Å². The van der Waals surface area contributed by atoms with Crippen molar-refractivity contribution in [2.45, 2.75) is 25.6 Å². The quantitative estimate of drug-likeness (QED) is 0.500. The van der Waals surface area contributed by atoms with Crippen molar-refractivity contribution < 1.29 is 19.4 Å². The lowest BCUT2D eigenvalue weighted by molar-refractivity contribution is -0.160. The molecule has 0 bridgehead atoms. The third kappa shape index (κ3) is 5.00. The molecule has 0 aliphatic carbocycles. The summed E-state index contributed by atoms with van der Waals surface area (Å²) in [6, 6.07) is 4.54. The molecule has 0 radical (unpaired) electrons. The molecule has 6 heteroatoms. The van der Waals surface area contributed by atoms with Crippen LogP contribution in [0, 0.1) is 0 Å². The summed E-state index contributed by atoms with van der Waals surface area (Å²) in [5.74, 6) is -0.514. The van der Waals surface area contributed by atoms with Crippen LogP contribution < -0.4 is 0 Å². The van der Waals surface area contributed by atoms with Crippen molar-refractivity contribution in [3.8, 4) is 0 Å². The predicted octanol–water partition coefficient (Wildman–Crippen LogP) is 4.16. The van der Waals surface area contributed by atoms with E-state index in [1.54, 1.807) is 6.07 Å². The molecule has 1 aliphatic heterocycles. The van der Waals surface area contributed by atoms with Crippen LogP contribution in [0.1, 0.15) is 29.6 Å². The Morgan fingerprint density at radius 3 is 2.86 bits per heavy atom. The van der Waals surface area contributed by atoms with Gasteiger partial charge in [0.15, 0.2) is 12.1 Å². The average Bonchev–Trinajstić information content (AvgIpc) is 2.49. The molecule has 0 spiro atoms. The third-order valence-electron chi connectivity index (χ3n) is 3.06. The Kier molecular flexibility index (Phi) is 6.06. The zero-order valence-corrected chi connectivity index (χ0v) is 12.9. The minimum absolute atomic E-state index is 0.0578. The first-order valence-electron chi connectivity index (χ1n) is 6.68. The standard InChI is InChI=1S/C15H16Cl2O4/c16-12-5-4-10(7-13(12)17)14(19)8-11(18)9-21-15-3-1-2-6-20-15/h4-5,7-8,15,18H,1-3,6,9H2/b11-8-. The summed E-state index contributed by atoms with van der Waals surface area (Å²) in [6.07, 6.45) is 3.67. The Morgan fingerprint density at radius 2 is 2.19 bits per heavy atom. The number of hydrogen-bond acceptors (Lipinski definition) is 4. The fourth-order valence-corrected chi connectivity index (χ4v) is 2.24. The van der Waals surface area contributed by atoms with Gasteiger partial charge in [-0.25, -0.2) is 0 Å². The molecule has 1 atom stereocenters. The lowest BCUT2D eigenvalue weighted by Gasteiger charge is -2.22. The summed E-state index contributed by atoms with van der Waals surface area (Å²) < 4.78 is 10.8. The second-order valence-electron chi connectivity index (χ2n) is 4.74. The van der Waals surface area contributed by atoms with Crippen molar-refractivity contribution in [3.63, 3.8) is 0 Å². The van der Waals surface area contributed by atoms with Crippen molar-refractivity contribution in [2.24, 2.45) is 0 Å². The zero-order valence-electron chi connectivity index (χ0n) is 11.4. The summed E-state index contributed by atoms with van der Waals surface area (Å²) in [7, 11) is 0. The van der Waals surface area contributed by atoms with Gasteiger partial charge in [-0.05, 0) is 37.5 Å². The van der Waals surface area contributed by atoms with Gasteiger partial charge < -0.3 is 14.6 Å². The molecule has 4 nitrogen and oxygen atoms in total. The van der Waals surface area contributed by atoms with E-state index >= 15 is 0 Å². The molecule has 114 valence electrons. The molecule has 1 aliphatic rings. The number of halogens is 2. The van der Waals surface area contributed by atoms with Crippen LogP contribution >= 0.6 is 23.2 Å². The van der Waals surface area contributed by atoms with Crippen LogP contribution in [-0.4, -0.2) is 30.4 Å². The lowest BCUT2D eigenvalue weighted by atomic mass is 10.1. The number of carbonyl (C=O) groups excluding carboxylic acids is 1. The number of ether oxygens (including phenoxy) is 2. The first-order valence-corrected chi connectivity index (χ1v) is 7.44. The van der Waals surface area contributed by atoms with Gasteiger partial charge >= 0.3 is 0 Å². The largest absolute Gasteiger partial charge is 0.510 e. The van der Waals surface area contributed by atoms with E-state index in [-0.39, 0.29) is 24.4 Å². The van der Waals surface area contributed by atoms with Crippen LogP contribution in [-0.2, 0) is 9.47 Å². The van der Waals surface area contributed by atoms with Gasteiger partial charge in [0.2, 0.25) is 0 Å². The maximum atomic E-state index is 11.9. The fraction of sp³-hybridized carbons (Fsp3) is 0.400. The van der Waals surface area contributed by atoms with Gasteiger partial charge in [-0.3, -0.25) is 4.79 Å². The van der Waals surface area contributed by atoms with Crippen molar-refractivity contribution in [2.75, 3.05) is 13.2 Å². The molecule has 1 saturated heterocycles. The maximum absolute atomic E-state index is 11.9. The summed E-state index contributed by atoms with van der Waals surface area (Å²) in [4.78, 5) is 11.9. The Labute approximate surface area is 133 Å². The molecule has 1 unspecified atom stereocenters. The molecule has 1 aromatic carbocycles. The zero-order chi connectivity index (χ0) is 15.2. The van der Waals surface area contributed by atoms with Crippen molar-refractivity contribution in [1.82, 2.24) is 0 Å². The molecular formula is C15H16Cl2O4. The number of ketones is 1. The Hall–Kier alpha value is -1.07. The maximum Gasteiger partial charge on any atom is 0.189 e. The highest BCUT2D eigenvalue weighted by Gasteiger charge is 2.15. The van der Waals surface area contributed by atoms with Crippen LogP contribution in [0.4, 0.5) is 0 Å². The number of benzene rings is 1. The Balaban J connectivity index is 1.91. The van der Waals surface area contributed by atoms with E-state index in [4.69, 9.17) is 32.7 Å². The van der Waals surface area contributed by atoms with E-state index in [9.17, 15) is 9.90 Å². The minimum atomic E-state index is -0.362. The van der Waals surface area contributed by atoms with Gasteiger partial charge in [0.1, 0.15) is 12.4 Å². The number of carbonyl (C=O) groups is 1. The van der Waals surface area contributed by atoms with Gasteiger partial charge in [-0.15, -0.1) is 0 Å². The van der Waals surface area contributed by atoms with E-state index in [2.05, 4.69) is 0 Å². The molecule has 0 saturated carbocycles. The second kappa shape index (κ2) is 7.80. The van der Waals surface area contributed by atoms with Gasteiger partial charge in [0.05, 0.1) is 10.0 Å². The average molecular weight is 331 g/mol. The van der Waals surface area contributed by atoms with Crippen LogP contribution in [0.2, 0.25) is 10.0 Å². The normalized spacial score (nSPS) is 19.5. The smallest absolute Gasteiger partial charge is 0.189 e. The van der Waals surface area contributed by atoms with Crippen molar-refractivity contribution in [1.29, 1.82) is 0 Å². The highest BCUT2D eigenvalue weighted by atomic mass is 35.5. The Morgan fingerprint density at radius 1 is 1.38 bits per heavy atom. The molecule has 1 fully saturated rings. The first kappa shape index (κ1) is 16.3. The van der Waals surface area contributed by atoms with Crippen molar-refractivity contribution in [3.05, 3.63) is 45.6 Å². The molecule has 1 heterocycles. The molecule has 0 amide bonds. The Bertz CT molecular complexity index is 536. The summed E-state index contributed by atoms with van der Waals surface area (Å²) in [5, 5.41) is 10.4. The van der Waals surface area contributed by atoms with Gasteiger partial charge in [-0.2, -0.15) is 0 Å². The molecule has 21 heavy (non-hydrogen) atoms. The van der Waals surface area contributed by atoms with E-state index < -0.39 is 0 Å². The first-order chi connectivity index (χ1) is 10.1. The van der Waals surface area contributed by atoms with Crippen LogP contribution in [0.25, 0.3) is 0 Å². The molecule has 1 aromatic rings.